The van der Waals surface area contributed by atoms with E-state index < -0.39 is 28.5 Å². The molecule has 3 rings (SSSR count). The van der Waals surface area contributed by atoms with Gasteiger partial charge in [-0.15, -0.1) is 0 Å². The molecule has 0 radical (unpaired) electrons. The predicted molar refractivity (Wildman–Crippen MR) is 164 cm³/mol. The Morgan fingerprint density at radius 3 is 2.25 bits per heavy atom. The van der Waals surface area contributed by atoms with Crippen molar-refractivity contribution < 1.29 is 18.0 Å². The molecule has 0 saturated heterocycles. The maximum Gasteiger partial charge on any atom is 0.264 e. The Kier molecular flexibility index (Phi) is 11.2. The lowest BCUT2D eigenvalue weighted by Crippen LogP contribution is -2.53. The van der Waals surface area contributed by atoms with Crippen LogP contribution in [0.2, 0.25) is 5.02 Å². The van der Waals surface area contributed by atoms with Crippen LogP contribution < -0.4 is 9.62 Å². The van der Waals surface area contributed by atoms with Gasteiger partial charge in [0.2, 0.25) is 11.8 Å². The second-order valence-corrected chi connectivity index (χ2v) is 12.8. The molecule has 0 aliphatic heterocycles. The fraction of sp³-hybridized carbons (Fsp3) is 0.333. The Labute approximate surface area is 250 Å². The first-order valence-electron chi connectivity index (χ1n) is 13.2. The first-order valence-corrected chi connectivity index (χ1v) is 15.8. The van der Waals surface area contributed by atoms with Gasteiger partial charge in [-0.2, -0.15) is 0 Å². The van der Waals surface area contributed by atoms with Crippen LogP contribution in [0.15, 0.2) is 82.2 Å². The number of rotatable bonds is 12. The summed E-state index contributed by atoms with van der Waals surface area (Å²) in [5.74, 6) is -0.825. The number of hydrogen-bond acceptors (Lipinski definition) is 4. The summed E-state index contributed by atoms with van der Waals surface area (Å²) in [4.78, 5) is 28.9. The number of aryl methyl sites for hydroxylation is 1. The maximum absolute atomic E-state index is 14.1. The van der Waals surface area contributed by atoms with E-state index >= 15 is 0 Å². The monoisotopic (exact) mass is 647 g/mol. The summed E-state index contributed by atoms with van der Waals surface area (Å²) in [6, 6.07) is 19.4. The second-order valence-electron chi connectivity index (χ2n) is 9.66. The number of anilines is 1. The van der Waals surface area contributed by atoms with E-state index in [9.17, 15) is 18.0 Å². The molecule has 3 aromatic carbocycles. The summed E-state index contributed by atoms with van der Waals surface area (Å²) in [6.45, 7) is 7.08. The molecular weight excluding hydrogens is 614 g/mol. The standard InChI is InChI=1S/C30H35BrClN3O4S/c1-5-22(4)33-30(37)28(6-2)34(19-23-10-7-8-13-27(23)32)29(36)20-35(25-12-9-11-24(31)18-25)40(38,39)26-16-14-21(3)15-17-26/h7-18,22,28H,5-6,19-20H2,1-4H3,(H,33,37)/t22-,28+/m0/s1. The van der Waals surface area contributed by atoms with Crippen molar-refractivity contribution in [2.75, 3.05) is 10.8 Å². The highest BCUT2D eigenvalue weighted by Crippen LogP contribution is 2.28. The zero-order valence-corrected chi connectivity index (χ0v) is 26.3. The zero-order chi connectivity index (χ0) is 29.4. The van der Waals surface area contributed by atoms with Crippen molar-refractivity contribution in [2.24, 2.45) is 0 Å². The van der Waals surface area contributed by atoms with Gasteiger partial charge in [-0.05, 0) is 68.7 Å². The molecule has 0 bridgehead atoms. The van der Waals surface area contributed by atoms with E-state index in [0.29, 0.717) is 27.2 Å². The minimum absolute atomic E-state index is 0.0435. The Morgan fingerprint density at radius 1 is 0.975 bits per heavy atom. The lowest BCUT2D eigenvalue weighted by atomic mass is 10.1. The molecule has 0 aromatic heterocycles. The van der Waals surface area contributed by atoms with Gasteiger partial charge in [0.1, 0.15) is 12.6 Å². The topological polar surface area (TPSA) is 86.8 Å². The number of hydrogen-bond donors (Lipinski definition) is 1. The zero-order valence-electron chi connectivity index (χ0n) is 23.1. The Morgan fingerprint density at radius 2 is 1.65 bits per heavy atom. The molecule has 0 spiro atoms. The summed E-state index contributed by atoms with van der Waals surface area (Å²) in [7, 11) is -4.13. The largest absolute Gasteiger partial charge is 0.352 e. The van der Waals surface area contributed by atoms with E-state index in [2.05, 4.69) is 21.2 Å². The van der Waals surface area contributed by atoms with Gasteiger partial charge in [-0.25, -0.2) is 8.42 Å². The predicted octanol–water partition coefficient (Wildman–Crippen LogP) is 6.33. The molecule has 0 aliphatic rings. The highest BCUT2D eigenvalue weighted by Gasteiger charge is 2.34. The van der Waals surface area contributed by atoms with Crippen molar-refractivity contribution in [1.82, 2.24) is 10.2 Å². The van der Waals surface area contributed by atoms with Gasteiger partial charge >= 0.3 is 0 Å². The smallest absolute Gasteiger partial charge is 0.264 e. The van der Waals surface area contributed by atoms with Crippen molar-refractivity contribution in [2.45, 2.75) is 64.1 Å². The quantitative estimate of drug-likeness (QED) is 0.249. The van der Waals surface area contributed by atoms with E-state index in [1.54, 1.807) is 60.7 Å². The molecule has 0 fully saturated rings. The third-order valence-electron chi connectivity index (χ3n) is 6.67. The Bertz CT molecular complexity index is 1430. The van der Waals surface area contributed by atoms with Gasteiger partial charge in [0, 0.05) is 22.1 Å². The van der Waals surface area contributed by atoms with Crippen LogP contribution in [0.1, 0.15) is 44.7 Å². The fourth-order valence-corrected chi connectivity index (χ4v) is 6.16. The fourth-order valence-electron chi connectivity index (χ4n) is 4.17. The molecule has 10 heteroatoms. The lowest BCUT2D eigenvalue weighted by Gasteiger charge is -2.34. The summed E-state index contributed by atoms with van der Waals surface area (Å²) < 4.78 is 29.6. The SMILES string of the molecule is CC[C@H](C(=O)N[C@@H](C)CC)N(Cc1ccccc1Cl)C(=O)CN(c1cccc(Br)c1)S(=O)(=O)c1ccc(C)cc1. The number of carbonyl (C=O) groups is 2. The van der Waals surface area contributed by atoms with Crippen LogP contribution in [-0.2, 0) is 26.2 Å². The molecule has 2 atom stereocenters. The molecule has 1 N–H and O–H groups in total. The highest BCUT2D eigenvalue weighted by molar-refractivity contribution is 9.10. The van der Waals surface area contributed by atoms with Crippen molar-refractivity contribution in [1.29, 1.82) is 0 Å². The minimum atomic E-state index is -4.13. The van der Waals surface area contributed by atoms with Crippen LogP contribution in [0.5, 0.6) is 0 Å². The number of nitrogens with one attached hydrogen (secondary N) is 1. The third kappa shape index (κ3) is 7.86. The van der Waals surface area contributed by atoms with Crippen LogP contribution in [0.3, 0.4) is 0 Å². The van der Waals surface area contributed by atoms with Crippen LogP contribution in [0.25, 0.3) is 0 Å². The normalized spacial score (nSPS) is 12.8. The highest BCUT2D eigenvalue weighted by atomic mass is 79.9. The number of carbonyl (C=O) groups excluding carboxylic acids is 2. The van der Waals surface area contributed by atoms with Crippen LogP contribution in [-0.4, -0.2) is 43.8 Å². The summed E-state index contributed by atoms with van der Waals surface area (Å²) in [5.41, 5.74) is 1.88. The number of benzene rings is 3. The van der Waals surface area contributed by atoms with Crippen molar-refractivity contribution in [3.63, 3.8) is 0 Å². The van der Waals surface area contributed by atoms with E-state index in [1.165, 1.54) is 17.0 Å². The van der Waals surface area contributed by atoms with Crippen LogP contribution in [0, 0.1) is 6.92 Å². The molecule has 0 saturated carbocycles. The number of nitrogens with zero attached hydrogens (tertiary/aromatic N) is 2. The van der Waals surface area contributed by atoms with Gasteiger partial charge in [0.25, 0.3) is 10.0 Å². The average molecular weight is 649 g/mol. The first kappa shape index (κ1) is 31.6. The number of halogens is 2. The van der Waals surface area contributed by atoms with E-state index in [0.717, 1.165) is 16.3 Å². The molecule has 2 amide bonds. The summed E-state index contributed by atoms with van der Waals surface area (Å²) in [5, 5.41) is 3.42. The molecule has 214 valence electrons. The number of sulfonamides is 1. The van der Waals surface area contributed by atoms with Gasteiger partial charge < -0.3 is 10.2 Å². The Balaban J connectivity index is 2.07. The van der Waals surface area contributed by atoms with Crippen LogP contribution in [0.4, 0.5) is 5.69 Å². The Hall–Kier alpha value is -2.88. The van der Waals surface area contributed by atoms with Crippen molar-refractivity contribution >= 4 is 55.1 Å². The van der Waals surface area contributed by atoms with Gasteiger partial charge in [-0.1, -0.05) is 83.3 Å². The van der Waals surface area contributed by atoms with Crippen molar-refractivity contribution in [3.8, 4) is 0 Å². The molecule has 7 nitrogen and oxygen atoms in total. The number of amides is 2. The van der Waals surface area contributed by atoms with Gasteiger partial charge in [0.05, 0.1) is 10.6 Å². The molecule has 0 aliphatic carbocycles. The molecule has 40 heavy (non-hydrogen) atoms. The first-order chi connectivity index (χ1) is 19.0. The van der Waals surface area contributed by atoms with Crippen LogP contribution >= 0.6 is 27.5 Å². The summed E-state index contributed by atoms with van der Waals surface area (Å²) in [6.07, 6.45) is 1.06. The maximum atomic E-state index is 14.1. The third-order valence-corrected chi connectivity index (χ3v) is 9.32. The second kappa shape index (κ2) is 14.1. The minimum Gasteiger partial charge on any atom is -0.352 e. The van der Waals surface area contributed by atoms with Gasteiger partial charge in [-0.3, -0.25) is 13.9 Å². The van der Waals surface area contributed by atoms with E-state index in [-0.39, 0.29) is 23.4 Å². The molecule has 0 unspecified atom stereocenters. The van der Waals surface area contributed by atoms with Gasteiger partial charge in [0.15, 0.2) is 0 Å². The van der Waals surface area contributed by atoms with E-state index in [4.69, 9.17) is 11.6 Å². The van der Waals surface area contributed by atoms with E-state index in [1.807, 2.05) is 27.7 Å². The summed E-state index contributed by atoms with van der Waals surface area (Å²) >= 11 is 9.85. The molecule has 3 aromatic rings. The van der Waals surface area contributed by atoms with Crippen molar-refractivity contribution in [3.05, 3.63) is 93.4 Å². The molecular formula is C30H35BrClN3O4S. The molecule has 0 heterocycles. The lowest BCUT2D eigenvalue weighted by molar-refractivity contribution is -0.140. The average Bonchev–Trinajstić information content (AvgIpc) is 2.92.